The fourth-order valence-electron chi connectivity index (χ4n) is 2.84. The zero-order valence-electron chi connectivity index (χ0n) is 17.5. The standard InChI is InChI=1S/C18H29N5O6/c1-7-29-15(24)14-12(6)8-18(23(27)28,22-17(26)20-11(4)5)9-13(14)21-16(25)19-10(2)3/h8,10-11H,7,9H2,1-6H3,(H2,19,21,25)(H2,20,22,26). The number of ether oxygens (including phenoxy) is 1. The first kappa shape index (κ1) is 23.9. The molecule has 11 nitrogen and oxygen atoms in total. The van der Waals surface area contributed by atoms with Gasteiger partial charge in [0.1, 0.15) is 0 Å². The maximum absolute atomic E-state index is 12.4. The van der Waals surface area contributed by atoms with Crippen LogP contribution in [0.3, 0.4) is 0 Å². The van der Waals surface area contributed by atoms with E-state index in [0.29, 0.717) is 0 Å². The van der Waals surface area contributed by atoms with Crippen molar-refractivity contribution < 1.29 is 24.0 Å². The molecule has 1 rings (SSSR count). The first-order valence-corrected chi connectivity index (χ1v) is 9.32. The summed E-state index contributed by atoms with van der Waals surface area (Å²) in [5.41, 5.74) is -1.83. The molecule has 4 amide bonds. The van der Waals surface area contributed by atoms with Crippen LogP contribution in [0.25, 0.3) is 0 Å². The van der Waals surface area contributed by atoms with Gasteiger partial charge in [0.2, 0.25) is 0 Å². The first-order valence-electron chi connectivity index (χ1n) is 9.32. The monoisotopic (exact) mass is 411 g/mol. The third-order valence-corrected chi connectivity index (χ3v) is 3.84. The number of hydrogen-bond donors (Lipinski definition) is 4. The summed E-state index contributed by atoms with van der Waals surface area (Å²) in [7, 11) is 0. The molecular weight excluding hydrogens is 382 g/mol. The summed E-state index contributed by atoms with van der Waals surface area (Å²) in [6.07, 6.45) is 0.743. The Morgan fingerprint density at radius 2 is 1.72 bits per heavy atom. The summed E-state index contributed by atoms with van der Waals surface area (Å²) >= 11 is 0. The van der Waals surface area contributed by atoms with Gasteiger partial charge in [0, 0.05) is 23.9 Å². The van der Waals surface area contributed by atoms with Crippen LogP contribution in [-0.2, 0) is 9.53 Å². The van der Waals surface area contributed by atoms with Crippen molar-refractivity contribution in [2.24, 2.45) is 0 Å². The molecule has 1 unspecified atom stereocenters. The van der Waals surface area contributed by atoms with Crippen molar-refractivity contribution in [3.63, 3.8) is 0 Å². The van der Waals surface area contributed by atoms with Gasteiger partial charge >= 0.3 is 23.7 Å². The van der Waals surface area contributed by atoms with Crippen molar-refractivity contribution in [2.75, 3.05) is 6.61 Å². The first-order chi connectivity index (χ1) is 13.4. The van der Waals surface area contributed by atoms with E-state index in [1.54, 1.807) is 34.6 Å². The van der Waals surface area contributed by atoms with Crippen LogP contribution in [0.15, 0.2) is 22.9 Å². The third-order valence-electron chi connectivity index (χ3n) is 3.84. The van der Waals surface area contributed by atoms with E-state index in [1.807, 2.05) is 0 Å². The molecule has 1 aliphatic carbocycles. The maximum atomic E-state index is 12.4. The highest BCUT2D eigenvalue weighted by atomic mass is 16.6. The van der Waals surface area contributed by atoms with Gasteiger partial charge in [-0.2, -0.15) is 0 Å². The minimum absolute atomic E-state index is 0.0110. The number of rotatable bonds is 7. The second-order valence-electron chi connectivity index (χ2n) is 7.27. The highest BCUT2D eigenvalue weighted by Crippen LogP contribution is 2.32. The molecule has 0 heterocycles. The van der Waals surface area contributed by atoms with Gasteiger partial charge in [0.05, 0.1) is 23.5 Å². The SMILES string of the molecule is CCOC(=O)C1=C(NC(=O)NC(C)C)CC(NC(=O)NC(C)C)([N+](=O)[O-])C=C1C. The second kappa shape index (κ2) is 9.89. The molecular formula is C18H29N5O6. The van der Waals surface area contributed by atoms with Crippen molar-refractivity contribution in [1.82, 2.24) is 21.3 Å². The normalized spacial score (nSPS) is 18.8. The third kappa shape index (κ3) is 6.47. The Hall–Kier alpha value is -3.11. The molecule has 0 spiro atoms. The molecule has 0 aromatic heterocycles. The Morgan fingerprint density at radius 1 is 1.17 bits per heavy atom. The zero-order chi connectivity index (χ0) is 22.4. The van der Waals surface area contributed by atoms with Gasteiger partial charge in [-0.05, 0) is 47.1 Å². The number of carbonyl (C=O) groups is 3. The van der Waals surface area contributed by atoms with E-state index in [9.17, 15) is 24.5 Å². The molecule has 0 bridgehead atoms. The fourth-order valence-corrected chi connectivity index (χ4v) is 2.84. The van der Waals surface area contributed by atoms with E-state index < -0.39 is 35.0 Å². The smallest absolute Gasteiger partial charge is 0.340 e. The van der Waals surface area contributed by atoms with Crippen LogP contribution in [0.5, 0.6) is 0 Å². The van der Waals surface area contributed by atoms with Gasteiger partial charge in [-0.15, -0.1) is 0 Å². The summed E-state index contributed by atoms with van der Waals surface area (Å²) < 4.78 is 5.03. The summed E-state index contributed by atoms with van der Waals surface area (Å²) in [5, 5.41) is 21.9. The molecule has 0 fully saturated rings. The van der Waals surface area contributed by atoms with Gasteiger partial charge in [-0.25, -0.2) is 14.4 Å². The number of carbonyl (C=O) groups excluding carboxylic acids is 3. The lowest BCUT2D eigenvalue weighted by molar-refractivity contribution is -0.560. The fraction of sp³-hybridized carbons (Fsp3) is 0.611. The van der Waals surface area contributed by atoms with Crippen LogP contribution >= 0.6 is 0 Å². The van der Waals surface area contributed by atoms with E-state index in [0.717, 1.165) is 0 Å². The van der Waals surface area contributed by atoms with E-state index in [4.69, 9.17) is 4.74 Å². The lowest BCUT2D eigenvalue weighted by Gasteiger charge is -2.30. The van der Waals surface area contributed by atoms with Crippen molar-refractivity contribution in [3.8, 4) is 0 Å². The van der Waals surface area contributed by atoms with Gasteiger partial charge in [-0.1, -0.05) is 0 Å². The van der Waals surface area contributed by atoms with E-state index in [2.05, 4.69) is 21.3 Å². The van der Waals surface area contributed by atoms with Gasteiger partial charge < -0.3 is 20.7 Å². The van der Waals surface area contributed by atoms with Crippen molar-refractivity contribution in [3.05, 3.63) is 33.0 Å². The van der Waals surface area contributed by atoms with Crippen LogP contribution in [0.2, 0.25) is 0 Å². The molecule has 1 aliphatic rings. The quantitative estimate of drug-likeness (QED) is 0.216. The molecule has 0 aromatic rings. The molecule has 162 valence electrons. The molecule has 0 aliphatic heterocycles. The second-order valence-corrected chi connectivity index (χ2v) is 7.27. The van der Waals surface area contributed by atoms with E-state index in [1.165, 1.54) is 13.0 Å². The zero-order valence-corrected chi connectivity index (χ0v) is 17.5. The number of nitrogens with zero attached hydrogens (tertiary/aromatic N) is 1. The molecule has 0 radical (unpaired) electrons. The number of hydrogen-bond acceptors (Lipinski definition) is 6. The van der Waals surface area contributed by atoms with Gasteiger partial charge in [-0.3, -0.25) is 15.4 Å². The lowest BCUT2D eigenvalue weighted by atomic mass is 9.88. The minimum atomic E-state index is -2.04. The predicted molar refractivity (Wildman–Crippen MR) is 105 cm³/mol. The van der Waals surface area contributed by atoms with Crippen LogP contribution in [-0.4, -0.2) is 47.3 Å². The Morgan fingerprint density at radius 3 is 2.21 bits per heavy atom. The Balaban J connectivity index is 3.37. The number of nitro groups is 1. The van der Waals surface area contributed by atoms with Gasteiger partial charge in [0.15, 0.2) is 0 Å². The average molecular weight is 411 g/mol. The van der Waals surface area contributed by atoms with Crippen molar-refractivity contribution >= 4 is 18.0 Å². The number of urea groups is 2. The van der Waals surface area contributed by atoms with Crippen LogP contribution in [0.1, 0.15) is 48.0 Å². The molecule has 0 saturated heterocycles. The Labute approximate surface area is 169 Å². The molecule has 0 saturated carbocycles. The lowest BCUT2D eigenvalue weighted by Crippen LogP contribution is -2.59. The van der Waals surface area contributed by atoms with Crippen LogP contribution < -0.4 is 21.3 Å². The average Bonchev–Trinajstić information content (AvgIpc) is 2.52. The molecule has 1 atom stereocenters. The Kier molecular flexibility index (Phi) is 8.16. The van der Waals surface area contributed by atoms with Crippen molar-refractivity contribution in [1.29, 1.82) is 0 Å². The molecule has 4 N–H and O–H groups in total. The predicted octanol–water partition coefficient (Wildman–Crippen LogP) is 1.54. The van der Waals surface area contributed by atoms with Crippen molar-refractivity contribution in [2.45, 2.75) is 65.7 Å². The number of nitrogens with one attached hydrogen (secondary N) is 4. The summed E-state index contributed by atoms with van der Waals surface area (Å²) in [6, 6.07) is -1.81. The summed E-state index contributed by atoms with van der Waals surface area (Å²) in [4.78, 5) is 48.0. The van der Waals surface area contributed by atoms with Crippen LogP contribution in [0.4, 0.5) is 9.59 Å². The highest BCUT2D eigenvalue weighted by Gasteiger charge is 2.48. The summed E-state index contributed by atoms with van der Waals surface area (Å²) in [5.74, 6) is -0.718. The number of amides is 4. The highest BCUT2D eigenvalue weighted by molar-refractivity contribution is 5.95. The Bertz CT molecular complexity index is 743. The largest absolute Gasteiger partial charge is 0.462 e. The molecule has 0 aromatic carbocycles. The maximum Gasteiger partial charge on any atom is 0.340 e. The van der Waals surface area contributed by atoms with E-state index in [-0.39, 0.29) is 35.5 Å². The van der Waals surface area contributed by atoms with Gasteiger partial charge in [0.25, 0.3) is 0 Å². The van der Waals surface area contributed by atoms with Crippen LogP contribution in [0, 0.1) is 10.1 Å². The molecule has 11 heteroatoms. The molecule has 29 heavy (non-hydrogen) atoms. The minimum Gasteiger partial charge on any atom is -0.462 e. The van der Waals surface area contributed by atoms with E-state index >= 15 is 0 Å². The topological polar surface area (TPSA) is 152 Å². The number of esters is 1. The summed E-state index contributed by atoms with van der Waals surface area (Å²) in [6.45, 7) is 10.1.